The molecule has 0 amide bonds. The van der Waals surface area contributed by atoms with Gasteiger partial charge in [0.15, 0.2) is 5.78 Å². The quantitative estimate of drug-likeness (QED) is 0.810. The van der Waals surface area contributed by atoms with Crippen molar-refractivity contribution in [1.82, 2.24) is 4.98 Å². The lowest BCUT2D eigenvalue weighted by Gasteiger charge is -2.09. The molecule has 0 saturated heterocycles. The van der Waals surface area contributed by atoms with Crippen molar-refractivity contribution in [3.8, 4) is 17.6 Å². The summed E-state index contributed by atoms with van der Waals surface area (Å²) in [6.45, 7) is 1.45. The number of halogens is 1. The first kappa shape index (κ1) is 13.2. The highest BCUT2D eigenvalue weighted by molar-refractivity contribution is 9.10. The highest BCUT2D eigenvalue weighted by Crippen LogP contribution is 2.28. The lowest BCUT2D eigenvalue weighted by Crippen LogP contribution is -1.98. The summed E-state index contributed by atoms with van der Waals surface area (Å²) in [6.07, 6.45) is 3.16. The van der Waals surface area contributed by atoms with Gasteiger partial charge in [-0.1, -0.05) is 0 Å². The van der Waals surface area contributed by atoms with Crippen LogP contribution in [0.1, 0.15) is 22.8 Å². The monoisotopic (exact) mass is 316 g/mol. The highest BCUT2D eigenvalue weighted by Gasteiger charge is 2.11. The molecule has 0 aliphatic heterocycles. The molecule has 2 aromatic rings. The third kappa shape index (κ3) is 3.18. The van der Waals surface area contributed by atoms with E-state index in [1.54, 1.807) is 24.4 Å². The Balaban J connectivity index is 2.43. The van der Waals surface area contributed by atoms with Crippen LogP contribution in [0.3, 0.4) is 0 Å². The van der Waals surface area contributed by atoms with Gasteiger partial charge in [0.25, 0.3) is 0 Å². The molecule has 0 spiro atoms. The lowest BCUT2D eigenvalue weighted by atomic mass is 10.1. The van der Waals surface area contributed by atoms with E-state index in [-0.39, 0.29) is 5.78 Å². The van der Waals surface area contributed by atoms with Crippen molar-refractivity contribution in [2.75, 3.05) is 0 Å². The first-order valence-corrected chi connectivity index (χ1v) is 6.23. The average molecular weight is 317 g/mol. The number of nitriles is 1. The van der Waals surface area contributed by atoms with Crippen LogP contribution in [0.15, 0.2) is 41.1 Å². The molecule has 5 heteroatoms. The zero-order valence-corrected chi connectivity index (χ0v) is 11.6. The number of nitrogens with zero attached hydrogens (tertiary/aromatic N) is 2. The van der Waals surface area contributed by atoms with Gasteiger partial charge in [-0.05, 0) is 47.1 Å². The van der Waals surface area contributed by atoms with E-state index in [4.69, 9.17) is 10.00 Å². The van der Waals surface area contributed by atoms with Gasteiger partial charge in [-0.2, -0.15) is 5.26 Å². The van der Waals surface area contributed by atoms with Crippen molar-refractivity contribution in [2.45, 2.75) is 6.92 Å². The summed E-state index contributed by atoms with van der Waals surface area (Å²) in [5, 5.41) is 8.89. The molecule has 4 nitrogen and oxygen atoms in total. The van der Waals surface area contributed by atoms with Crippen LogP contribution in [-0.2, 0) is 0 Å². The molecule has 0 bridgehead atoms. The van der Waals surface area contributed by atoms with Crippen LogP contribution in [-0.4, -0.2) is 10.8 Å². The Morgan fingerprint density at radius 3 is 2.79 bits per heavy atom. The van der Waals surface area contributed by atoms with Gasteiger partial charge in [-0.15, -0.1) is 0 Å². The van der Waals surface area contributed by atoms with Crippen LogP contribution in [0.2, 0.25) is 0 Å². The number of rotatable bonds is 3. The van der Waals surface area contributed by atoms with Gasteiger partial charge in [-0.3, -0.25) is 9.78 Å². The Kier molecular flexibility index (Phi) is 3.93. The van der Waals surface area contributed by atoms with Gasteiger partial charge in [0.1, 0.15) is 11.5 Å². The number of pyridine rings is 1. The van der Waals surface area contributed by atoms with E-state index in [2.05, 4.69) is 20.9 Å². The van der Waals surface area contributed by atoms with Gasteiger partial charge in [0, 0.05) is 10.7 Å². The molecule has 19 heavy (non-hydrogen) atoms. The Labute approximate surface area is 118 Å². The molecule has 0 N–H and O–H groups in total. The largest absolute Gasteiger partial charge is 0.455 e. The van der Waals surface area contributed by atoms with Crippen molar-refractivity contribution >= 4 is 21.7 Å². The van der Waals surface area contributed by atoms with Crippen molar-refractivity contribution in [2.24, 2.45) is 0 Å². The number of ether oxygens (including phenoxy) is 1. The maximum atomic E-state index is 11.5. The maximum Gasteiger partial charge on any atom is 0.163 e. The summed E-state index contributed by atoms with van der Waals surface area (Å²) in [5.74, 6) is 0.723. The molecule has 1 heterocycles. The third-order valence-electron chi connectivity index (χ3n) is 2.40. The van der Waals surface area contributed by atoms with E-state index in [9.17, 15) is 4.79 Å². The Hall–Kier alpha value is -2.19. The van der Waals surface area contributed by atoms with Crippen molar-refractivity contribution in [1.29, 1.82) is 5.26 Å². The van der Waals surface area contributed by atoms with Crippen LogP contribution in [0, 0.1) is 11.3 Å². The van der Waals surface area contributed by atoms with E-state index in [1.165, 1.54) is 19.2 Å². The fraction of sp³-hybridized carbons (Fsp3) is 0.0714. The van der Waals surface area contributed by atoms with Crippen molar-refractivity contribution in [3.05, 3.63) is 52.3 Å². The van der Waals surface area contributed by atoms with Gasteiger partial charge in [-0.25, -0.2) is 0 Å². The number of aromatic nitrogens is 1. The second-order valence-electron chi connectivity index (χ2n) is 3.82. The predicted octanol–water partition coefficient (Wildman–Crippen LogP) is 3.71. The molecule has 94 valence electrons. The molecule has 1 aromatic heterocycles. The Bertz CT molecular complexity index is 677. The Morgan fingerprint density at radius 1 is 1.37 bits per heavy atom. The number of carbonyl (C=O) groups is 1. The molecular weight excluding hydrogens is 308 g/mol. The number of hydrogen-bond acceptors (Lipinski definition) is 4. The second-order valence-corrected chi connectivity index (χ2v) is 4.74. The first-order chi connectivity index (χ1) is 9.10. The van der Waals surface area contributed by atoms with Crippen LogP contribution in [0.25, 0.3) is 0 Å². The minimum atomic E-state index is -0.123. The van der Waals surface area contributed by atoms with E-state index in [0.717, 1.165) is 4.47 Å². The lowest BCUT2D eigenvalue weighted by molar-refractivity contribution is 0.101. The molecule has 0 aliphatic rings. The van der Waals surface area contributed by atoms with Crippen LogP contribution >= 0.6 is 15.9 Å². The van der Waals surface area contributed by atoms with E-state index < -0.39 is 0 Å². The van der Waals surface area contributed by atoms with E-state index in [1.807, 2.05) is 6.07 Å². The fourth-order valence-electron chi connectivity index (χ4n) is 1.54. The molecule has 0 radical (unpaired) electrons. The molecule has 1 aromatic carbocycles. The smallest absolute Gasteiger partial charge is 0.163 e. The third-order valence-corrected chi connectivity index (χ3v) is 2.83. The average Bonchev–Trinajstić information content (AvgIpc) is 2.38. The van der Waals surface area contributed by atoms with Gasteiger partial charge < -0.3 is 4.74 Å². The van der Waals surface area contributed by atoms with Crippen LogP contribution in [0.5, 0.6) is 11.5 Å². The predicted molar refractivity (Wildman–Crippen MR) is 73.2 cm³/mol. The standard InChI is InChI=1S/C14H9BrN2O2/c1-9(18)13-3-2-10(6-16)4-14(13)19-12-5-11(15)7-17-8-12/h2-5,7-8H,1H3. The molecule has 0 atom stereocenters. The van der Waals surface area contributed by atoms with Gasteiger partial charge in [0.05, 0.1) is 23.4 Å². The molecule has 0 saturated carbocycles. The van der Waals surface area contributed by atoms with Crippen molar-refractivity contribution in [3.63, 3.8) is 0 Å². The summed E-state index contributed by atoms with van der Waals surface area (Å²) >= 11 is 3.29. The summed E-state index contributed by atoms with van der Waals surface area (Å²) in [4.78, 5) is 15.5. The fourth-order valence-corrected chi connectivity index (χ4v) is 1.89. The van der Waals surface area contributed by atoms with Crippen LogP contribution < -0.4 is 4.74 Å². The normalized spacial score (nSPS) is 9.74. The summed E-state index contributed by atoms with van der Waals surface area (Å²) in [7, 11) is 0. The zero-order chi connectivity index (χ0) is 13.8. The number of benzene rings is 1. The SMILES string of the molecule is CC(=O)c1ccc(C#N)cc1Oc1cncc(Br)c1. The highest BCUT2D eigenvalue weighted by atomic mass is 79.9. The first-order valence-electron chi connectivity index (χ1n) is 5.43. The van der Waals surface area contributed by atoms with Gasteiger partial charge >= 0.3 is 0 Å². The zero-order valence-electron chi connectivity index (χ0n) is 10.1. The maximum absolute atomic E-state index is 11.5. The summed E-state index contributed by atoms with van der Waals surface area (Å²) < 4.78 is 6.40. The number of carbonyl (C=O) groups excluding carboxylic acids is 1. The summed E-state index contributed by atoms with van der Waals surface area (Å²) in [5.41, 5.74) is 0.863. The molecule has 0 fully saturated rings. The van der Waals surface area contributed by atoms with E-state index in [0.29, 0.717) is 22.6 Å². The van der Waals surface area contributed by atoms with E-state index >= 15 is 0 Å². The molecule has 0 unspecified atom stereocenters. The number of ketones is 1. The minimum absolute atomic E-state index is 0.123. The minimum Gasteiger partial charge on any atom is -0.455 e. The van der Waals surface area contributed by atoms with Crippen LogP contribution in [0.4, 0.5) is 0 Å². The summed E-state index contributed by atoms with van der Waals surface area (Å²) in [6, 6.07) is 8.46. The molecule has 0 aliphatic carbocycles. The number of hydrogen-bond donors (Lipinski definition) is 0. The second kappa shape index (κ2) is 5.63. The topological polar surface area (TPSA) is 63.0 Å². The number of Topliss-reactive ketones (excluding diaryl/α,β-unsaturated/α-hetero) is 1. The van der Waals surface area contributed by atoms with Gasteiger partial charge in [0.2, 0.25) is 0 Å². The molecular formula is C14H9BrN2O2. The Morgan fingerprint density at radius 2 is 2.16 bits per heavy atom. The van der Waals surface area contributed by atoms with Crippen molar-refractivity contribution < 1.29 is 9.53 Å². The molecule has 2 rings (SSSR count).